The fourth-order valence-electron chi connectivity index (χ4n) is 3.78. The lowest BCUT2D eigenvalue weighted by Gasteiger charge is -2.37. The highest BCUT2D eigenvalue weighted by molar-refractivity contribution is 7.89. The van der Waals surface area contributed by atoms with Gasteiger partial charge in [0.25, 0.3) is 0 Å². The van der Waals surface area contributed by atoms with Crippen LogP contribution < -0.4 is 16.2 Å². The van der Waals surface area contributed by atoms with Crippen LogP contribution in [-0.4, -0.2) is 8.42 Å². The first-order valence-electron chi connectivity index (χ1n) is 7.89. The minimum Gasteiger partial charge on any atom is -0.399 e. The van der Waals surface area contributed by atoms with E-state index in [-0.39, 0.29) is 16.9 Å². The highest BCUT2D eigenvalue weighted by Gasteiger charge is 2.38. The van der Waals surface area contributed by atoms with Gasteiger partial charge in [0.05, 0.1) is 10.9 Å². The molecule has 0 bridgehead atoms. The molecule has 0 aromatic heterocycles. The predicted molar refractivity (Wildman–Crippen MR) is 95.0 cm³/mol. The maximum atomic E-state index is 11.7. The topological polar surface area (TPSA) is 98.2 Å². The van der Waals surface area contributed by atoms with E-state index in [1.807, 2.05) is 30.3 Å². The summed E-state index contributed by atoms with van der Waals surface area (Å²) in [7, 11) is -3.70. The molecular formula is C18H19N3O2S. The second kappa shape index (κ2) is 5.36. The molecule has 1 aliphatic heterocycles. The molecule has 2 aromatic rings. The van der Waals surface area contributed by atoms with Crippen LogP contribution in [0.25, 0.3) is 0 Å². The zero-order valence-corrected chi connectivity index (χ0v) is 13.8. The maximum Gasteiger partial charge on any atom is 0.238 e. The monoisotopic (exact) mass is 341 g/mol. The fourth-order valence-corrected chi connectivity index (χ4v) is 4.33. The lowest BCUT2D eigenvalue weighted by atomic mass is 9.77. The minimum absolute atomic E-state index is 0.160. The zero-order valence-electron chi connectivity index (χ0n) is 13.0. The SMILES string of the molecule is Nc1ccc([C@H]2Nc3ccc(S(N)(=O)=O)cc3[C@H]3C=CC[C@H]32)cc1. The third-order valence-corrected chi connectivity index (χ3v) is 5.87. The summed E-state index contributed by atoms with van der Waals surface area (Å²) in [5, 5.41) is 8.85. The van der Waals surface area contributed by atoms with Gasteiger partial charge in [-0.25, -0.2) is 13.6 Å². The number of fused-ring (bicyclic) bond motifs is 3. The molecule has 5 nitrogen and oxygen atoms in total. The molecule has 1 aliphatic carbocycles. The number of hydrogen-bond acceptors (Lipinski definition) is 4. The smallest absolute Gasteiger partial charge is 0.238 e. The van der Waals surface area contributed by atoms with Crippen LogP contribution in [0.3, 0.4) is 0 Å². The van der Waals surface area contributed by atoms with Crippen molar-refractivity contribution in [2.45, 2.75) is 23.3 Å². The summed E-state index contributed by atoms with van der Waals surface area (Å²) in [5.41, 5.74) is 9.67. The van der Waals surface area contributed by atoms with Crippen LogP contribution >= 0.6 is 0 Å². The van der Waals surface area contributed by atoms with Crippen molar-refractivity contribution < 1.29 is 8.42 Å². The summed E-state index contributed by atoms with van der Waals surface area (Å²) in [6.07, 6.45) is 5.29. The number of allylic oxidation sites excluding steroid dienone is 2. The van der Waals surface area contributed by atoms with E-state index >= 15 is 0 Å². The quantitative estimate of drug-likeness (QED) is 0.578. The van der Waals surface area contributed by atoms with Gasteiger partial charge in [-0.1, -0.05) is 24.3 Å². The molecular weight excluding hydrogens is 322 g/mol. The van der Waals surface area contributed by atoms with E-state index in [2.05, 4.69) is 17.5 Å². The van der Waals surface area contributed by atoms with E-state index in [4.69, 9.17) is 10.9 Å². The van der Waals surface area contributed by atoms with Gasteiger partial charge in [-0.2, -0.15) is 0 Å². The van der Waals surface area contributed by atoms with Gasteiger partial charge in [-0.3, -0.25) is 0 Å². The van der Waals surface area contributed by atoms with Gasteiger partial charge < -0.3 is 11.1 Å². The molecule has 0 fully saturated rings. The lowest BCUT2D eigenvalue weighted by Crippen LogP contribution is -2.29. The summed E-state index contributed by atoms with van der Waals surface area (Å²) >= 11 is 0. The van der Waals surface area contributed by atoms with Gasteiger partial charge in [0.15, 0.2) is 0 Å². The van der Waals surface area contributed by atoms with E-state index in [1.54, 1.807) is 12.1 Å². The number of benzene rings is 2. The maximum absolute atomic E-state index is 11.7. The van der Waals surface area contributed by atoms with Crippen LogP contribution in [-0.2, 0) is 10.0 Å². The van der Waals surface area contributed by atoms with Gasteiger partial charge in [0, 0.05) is 17.3 Å². The first-order valence-corrected chi connectivity index (χ1v) is 9.43. The van der Waals surface area contributed by atoms with Crippen molar-refractivity contribution >= 4 is 21.4 Å². The van der Waals surface area contributed by atoms with Crippen molar-refractivity contribution in [1.82, 2.24) is 0 Å². The van der Waals surface area contributed by atoms with Gasteiger partial charge in [-0.05, 0) is 53.8 Å². The summed E-state index contributed by atoms with van der Waals surface area (Å²) in [6.45, 7) is 0. The Balaban J connectivity index is 1.79. The van der Waals surface area contributed by atoms with Crippen LogP contribution in [0, 0.1) is 5.92 Å². The van der Waals surface area contributed by atoms with E-state index in [9.17, 15) is 8.42 Å². The number of nitrogen functional groups attached to an aromatic ring is 1. The molecule has 24 heavy (non-hydrogen) atoms. The molecule has 0 radical (unpaired) electrons. The normalized spacial score (nSPS) is 25.0. The van der Waals surface area contributed by atoms with Crippen LogP contribution in [0.15, 0.2) is 59.5 Å². The molecule has 4 rings (SSSR count). The Morgan fingerprint density at radius 2 is 1.83 bits per heavy atom. The van der Waals surface area contributed by atoms with Gasteiger partial charge in [0.1, 0.15) is 0 Å². The van der Waals surface area contributed by atoms with Crippen molar-refractivity contribution in [2.24, 2.45) is 11.1 Å². The van der Waals surface area contributed by atoms with Crippen molar-refractivity contribution in [2.75, 3.05) is 11.1 Å². The molecule has 0 saturated carbocycles. The van der Waals surface area contributed by atoms with Gasteiger partial charge in [0.2, 0.25) is 10.0 Å². The second-order valence-electron chi connectivity index (χ2n) is 6.44. The average molecular weight is 341 g/mol. The van der Waals surface area contributed by atoms with E-state index in [1.165, 1.54) is 5.56 Å². The summed E-state index contributed by atoms with van der Waals surface area (Å²) in [4.78, 5) is 0.160. The second-order valence-corrected chi connectivity index (χ2v) is 8.00. The first kappa shape index (κ1) is 15.2. The summed E-state index contributed by atoms with van der Waals surface area (Å²) in [5.74, 6) is 0.530. The molecule has 124 valence electrons. The highest BCUT2D eigenvalue weighted by Crippen LogP contribution is 2.50. The molecule has 0 amide bonds. The molecule has 2 aromatic carbocycles. The van der Waals surface area contributed by atoms with E-state index in [0.717, 1.165) is 23.4 Å². The Bertz CT molecular complexity index is 920. The average Bonchev–Trinajstić information content (AvgIpc) is 3.03. The molecule has 0 spiro atoms. The molecule has 6 heteroatoms. The Kier molecular flexibility index (Phi) is 3.40. The zero-order chi connectivity index (χ0) is 16.9. The summed E-state index contributed by atoms with van der Waals surface area (Å²) < 4.78 is 23.3. The fraction of sp³-hybridized carbons (Fsp3) is 0.222. The number of anilines is 2. The molecule has 0 saturated heterocycles. The number of nitrogens with one attached hydrogen (secondary N) is 1. The molecule has 3 atom stereocenters. The van der Waals surface area contributed by atoms with Crippen LogP contribution in [0.4, 0.5) is 11.4 Å². The number of rotatable bonds is 2. The van der Waals surface area contributed by atoms with Gasteiger partial charge >= 0.3 is 0 Å². The van der Waals surface area contributed by atoms with Crippen molar-refractivity contribution in [3.8, 4) is 0 Å². The Labute approximate surface area is 141 Å². The molecule has 1 heterocycles. The van der Waals surface area contributed by atoms with Crippen LogP contribution in [0.5, 0.6) is 0 Å². The van der Waals surface area contributed by atoms with Crippen LogP contribution in [0.1, 0.15) is 29.5 Å². The Hall–Kier alpha value is -2.31. The van der Waals surface area contributed by atoms with Crippen molar-refractivity contribution in [1.29, 1.82) is 0 Å². The van der Waals surface area contributed by atoms with Gasteiger partial charge in [-0.15, -0.1) is 0 Å². The minimum atomic E-state index is -3.70. The molecule has 5 N–H and O–H groups in total. The first-order chi connectivity index (χ1) is 11.4. The lowest BCUT2D eigenvalue weighted by molar-refractivity contribution is 0.425. The van der Waals surface area contributed by atoms with E-state index < -0.39 is 10.0 Å². The third kappa shape index (κ3) is 2.48. The molecule has 2 aliphatic rings. The highest BCUT2D eigenvalue weighted by atomic mass is 32.2. The predicted octanol–water partition coefficient (Wildman–Crippen LogP) is 2.74. The summed E-state index contributed by atoms with van der Waals surface area (Å²) in [6, 6.07) is 13.1. The number of primary sulfonamides is 1. The number of nitrogens with two attached hydrogens (primary N) is 2. The van der Waals surface area contributed by atoms with Crippen molar-refractivity contribution in [3.05, 3.63) is 65.7 Å². The number of sulfonamides is 1. The third-order valence-electron chi connectivity index (χ3n) is 4.96. The van der Waals surface area contributed by atoms with Crippen LogP contribution in [0.2, 0.25) is 0 Å². The van der Waals surface area contributed by atoms with Crippen molar-refractivity contribution in [3.63, 3.8) is 0 Å². The molecule has 0 unspecified atom stereocenters. The Morgan fingerprint density at radius 3 is 2.54 bits per heavy atom. The largest absolute Gasteiger partial charge is 0.399 e. The number of hydrogen-bond donors (Lipinski definition) is 3. The Morgan fingerprint density at radius 1 is 1.08 bits per heavy atom. The standard InChI is InChI=1S/C18H19N3O2S/c19-12-6-4-11(5-7-12)18-15-3-1-2-14(15)16-10-13(24(20,22)23)8-9-17(16)21-18/h1-2,4-10,14-15,18,21H,3,19H2,(H2,20,22,23)/t14-,15+,18+/m0/s1. The van der Waals surface area contributed by atoms with E-state index in [0.29, 0.717) is 5.92 Å².